The van der Waals surface area contributed by atoms with Gasteiger partial charge in [-0.25, -0.2) is 12.6 Å². The number of hydrogen-bond acceptors (Lipinski definition) is 4. The smallest absolute Gasteiger partial charge is 0.725 e. The third kappa shape index (κ3) is 4.14. The first-order valence-corrected chi connectivity index (χ1v) is 5.28. The summed E-state index contributed by atoms with van der Waals surface area (Å²) in [6.07, 6.45) is -14.6. The van der Waals surface area contributed by atoms with Crippen LogP contribution in [0.4, 0.5) is 48.3 Å². The maximum atomic E-state index is 12.5. The molecule has 0 bridgehead atoms. The van der Waals surface area contributed by atoms with Crippen molar-refractivity contribution < 1.29 is 95.0 Å². The van der Waals surface area contributed by atoms with E-state index in [0.717, 1.165) is 0 Å². The zero-order valence-electron chi connectivity index (χ0n) is 9.70. The van der Waals surface area contributed by atoms with Gasteiger partial charge in [0.25, 0.3) is 0 Å². The second-order valence-corrected chi connectivity index (χ2v) is 4.21. The SMILES string of the molecule is O=S(=O)([O-])OC(F)(F)C(F)(F)C(F)(F)C(F)(F)C(F)(F)F.[Na+]. The van der Waals surface area contributed by atoms with Crippen LogP contribution < -0.4 is 29.6 Å². The average molecular weight is 388 g/mol. The average Bonchev–Trinajstić information content (AvgIpc) is 2.10. The minimum atomic E-state index is -7.84. The zero-order valence-corrected chi connectivity index (χ0v) is 12.5. The number of alkyl halides is 11. The molecule has 128 valence electrons. The van der Waals surface area contributed by atoms with Crippen molar-refractivity contribution in [2.75, 3.05) is 0 Å². The van der Waals surface area contributed by atoms with Crippen molar-refractivity contribution in [3.8, 4) is 0 Å². The van der Waals surface area contributed by atoms with Crippen LogP contribution in [0.2, 0.25) is 0 Å². The van der Waals surface area contributed by atoms with Crippen molar-refractivity contribution in [3.05, 3.63) is 0 Å². The molecule has 0 rings (SSSR count). The van der Waals surface area contributed by atoms with E-state index in [0.29, 0.717) is 0 Å². The predicted molar refractivity (Wildman–Crippen MR) is 36.6 cm³/mol. The van der Waals surface area contributed by atoms with Crippen LogP contribution in [0.1, 0.15) is 0 Å². The van der Waals surface area contributed by atoms with Gasteiger partial charge in [-0.05, 0) is 0 Å². The molecule has 0 atom stereocenters. The molecule has 4 nitrogen and oxygen atoms in total. The molecular weight excluding hydrogens is 388 g/mol. The molecule has 0 saturated carbocycles. The van der Waals surface area contributed by atoms with Gasteiger partial charge in [0.1, 0.15) is 0 Å². The second-order valence-electron chi connectivity index (χ2n) is 3.23. The molecule has 0 radical (unpaired) electrons. The van der Waals surface area contributed by atoms with Crippen molar-refractivity contribution in [2.45, 2.75) is 30.1 Å². The molecule has 17 heteroatoms. The van der Waals surface area contributed by atoms with Crippen LogP contribution in [0, 0.1) is 0 Å². The van der Waals surface area contributed by atoms with Gasteiger partial charge in [-0.3, -0.25) is 0 Å². The standard InChI is InChI=1S/C5HF11O4S.Na/c6-1(7,2(8,9)4(12,13)14)3(10,11)5(15,16)20-21(17,18)19;/h(H,17,18,19);/q;+1/p-1. The Labute approximate surface area is 135 Å². The van der Waals surface area contributed by atoms with Crippen molar-refractivity contribution >= 4 is 10.4 Å². The van der Waals surface area contributed by atoms with Gasteiger partial charge in [0.2, 0.25) is 10.4 Å². The zero-order chi connectivity index (χ0) is 17.7. The number of halogens is 11. The second kappa shape index (κ2) is 6.19. The van der Waals surface area contributed by atoms with Crippen LogP contribution in [0.25, 0.3) is 0 Å². The van der Waals surface area contributed by atoms with E-state index < -0.39 is 40.5 Å². The molecule has 0 aliphatic carbocycles. The third-order valence-electron chi connectivity index (χ3n) is 1.72. The van der Waals surface area contributed by atoms with Crippen LogP contribution in [0.5, 0.6) is 0 Å². The first-order chi connectivity index (χ1) is 8.71. The number of hydrogen-bond donors (Lipinski definition) is 0. The molecule has 0 aromatic rings. The summed E-state index contributed by atoms with van der Waals surface area (Å²) >= 11 is 0. The fraction of sp³-hybridized carbons (Fsp3) is 1.00. The molecule has 0 amide bonds. The molecule has 0 fully saturated rings. The van der Waals surface area contributed by atoms with Crippen LogP contribution in [0.15, 0.2) is 0 Å². The summed E-state index contributed by atoms with van der Waals surface area (Å²) in [5.41, 5.74) is 0. The molecule has 0 aromatic carbocycles. The summed E-state index contributed by atoms with van der Waals surface area (Å²) in [4.78, 5) is 0. The molecule has 0 N–H and O–H groups in total. The maximum Gasteiger partial charge on any atom is 1.00 e. The summed E-state index contributed by atoms with van der Waals surface area (Å²) in [5.74, 6) is -23.2. The largest absolute Gasteiger partial charge is 1.00 e. The molecule has 0 saturated heterocycles. The molecule has 0 heterocycles. The Kier molecular flexibility index (Phi) is 6.86. The van der Waals surface area contributed by atoms with Crippen LogP contribution in [-0.4, -0.2) is 43.0 Å². The van der Waals surface area contributed by atoms with Crippen LogP contribution in [-0.2, 0) is 14.6 Å². The monoisotopic (exact) mass is 388 g/mol. The Bertz CT molecular complexity index is 497. The molecule has 0 spiro atoms. The minimum Gasteiger partial charge on any atom is -0.725 e. The fourth-order valence-corrected chi connectivity index (χ4v) is 1.10. The number of rotatable bonds is 5. The van der Waals surface area contributed by atoms with E-state index in [1.165, 1.54) is 0 Å². The van der Waals surface area contributed by atoms with Gasteiger partial charge in [-0.15, -0.1) is 0 Å². The molecule has 0 aliphatic rings. The minimum absolute atomic E-state index is 0. The molecule has 0 aromatic heterocycles. The van der Waals surface area contributed by atoms with Crippen molar-refractivity contribution in [1.82, 2.24) is 0 Å². The Morgan fingerprint density at radius 3 is 1.23 bits per heavy atom. The Morgan fingerprint density at radius 1 is 0.682 bits per heavy atom. The van der Waals surface area contributed by atoms with E-state index in [-0.39, 0.29) is 29.6 Å². The van der Waals surface area contributed by atoms with E-state index in [4.69, 9.17) is 0 Å². The van der Waals surface area contributed by atoms with Crippen LogP contribution in [0.3, 0.4) is 0 Å². The molecular formula is C5F11NaO4S. The van der Waals surface area contributed by atoms with E-state index >= 15 is 0 Å². The van der Waals surface area contributed by atoms with Gasteiger partial charge in [-0.2, -0.15) is 48.3 Å². The fourth-order valence-electron chi connectivity index (χ4n) is 0.738. The Morgan fingerprint density at radius 2 is 1.00 bits per heavy atom. The van der Waals surface area contributed by atoms with Crippen molar-refractivity contribution in [1.29, 1.82) is 0 Å². The third-order valence-corrected chi connectivity index (χ3v) is 2.13. The van der Waals surface area contributed by atoms with Gasteiger partial charge in [0.05, 0.1) is 0 Å². The molecule has 22 heavy (non-hydrogen) atoms. The summed E-state index contributed by atoms with van der Waals surface area (Å²) in [5, 5.41) is 0. The normalized spacial score (nSPS) is 15.5. The van der Waals surface area contributed by atoms with E-state index in [9.17, 15) is 61.3 Å². The van der Waals surface area contributed by atoms with E-state index in [2.05, 4.69) is 0 Å². The summed E-state index contributed by atoms with van der Waals surface area (Å²) in [6, 6.07) is 0. The molecule has 0 aliphatic heterocycles. The van der Waals surface area contributed by atoms with Crippen LogP contribution >= 0.6 is 0 Å². The van der Waals surface area contributed by atoms with Gasteiger partial charge >= 0.3 is 59.6 Å². The predicted octanol–water partition coefficient (Wildman–Crippen LogP) is -0.472. The Hall–Kier alpha value is 0.1000. The quantitative estimate of drug-likeness (QED) is 0.277. The van der Waals surface area contributed by atoms with Crippen molar-refractivity contribution in [3.63, 3.8) is 0 Å². The maximum absolute atomic E-state index is 12.5. The first kappa shape index (κ1) is 24.4. The first-order valence-electron chi connectivity index (χ1n) is 3.95. The van der Waals surface area contributed by atoms with Gasteiger partial charge in [0.15, 0.2) is 0 Å². The summed E-state index contributed by atoms with van der Waals surface area (Å²) in [6.45, 7) is 0. The molecule has 0 unspecified atom stereocenters. The van der Waals surface area contributed by atoms with E-state index in [1.54, 1.807) is 4.18 Å². The van der Waals surface area contributed by atoms with Gasteiger partial charge in [-0.1, -0.05) is 0 Å². The topological polar surface area (TPSA) is 66.4 Å². The Balaban J connectivity index is 0. The van der Waals surface area contributed by atoms with Gasteiger partial charge < -0.3 is 4.55 Å². The van der Waals surface area contributed by atoms with Crippen molar-refractivity contribution in [2.24, 2.45) is 0 Å². The summed E-state index contributed by atoms with van der Waals surface area (Å²) < 4.78 is 164. The summed E-state index contributed by atoms with van der Waals surface area (Å²) in [7, 11) is -6.85. The van der Waals surface area contributed by atoms with E-state index in [1.807, 2.05) is 0 Å². The van der Waals surface area contributed by atoms with Gasteiger partial charge in [0, 0.05) is 0 Å².